The van der Waals surface area contributed by atoms with E-state index < -0.39 is 210 Å². The van der Waals surface area contributed by atoms with Crippen molar-refractivity contribution < 1.29 is 73.0 Å². The highest BCUT2D eigenvalue weighted by Gasteiger charge is 2.64. The third kappa shape index (κ3) is 17.2. The van der Waals surface area contributed by atoms with Gasteiger partial charge in [0.05, 0.1) is 30.9 Å². The van der Waals surface area contributed by atoms with E-state index in [1.165, 1.54) is 98.0 Å². The second-order valence-electron chi connectivity index (χ2n) is 29.5. The van der Waals surface area contributed by atoms with Crippen LogP contribution in [0.25, 0.3) is 0 Å². The van der Waals surface area contributed by atoms with E-state index in [2.05, 4.69) is 10.6 Å². The summed E-state index contributed by atoms with van der Waals surface area (Å²) in [5.41, 5.74) is -3.70. The molecule has 28 heteroatoms. The van der Waals surface area contributed by atoms with Crippen LogP contribution in [0.15, 0.2) is 24.3 Å². The number of carbonyl (C=O) groups is 12. The fourth-order valence-corrected chi connectivity index (χ4v) is 14.1. The molecule has 3 aliphatic heterocycles. The van der Waals surface area contributed by atoms with Crippen LogP contribution in [-0.4, -0.2) is 285 Å². The molecule has 2 fully saturated rings. The number of aliphatic hydroxyl groups is 2. The van der Waals surface area contributed by atoms with Crippen molar-refractivity contribution in [1.82, 2.24) is 59.6 Å². The Morgan fingerprint density at radius 1 is 0.474 bits per heavy atom. The summed E-state index contributed by atoms with van der Waals surface area (Å²) >= 11 is 0. The van der Waals surface area contributed by atoms with Gasteiger partial charge >= 0.3 is 0 Å². The Balaban J connectivity index is 1.95. The monoisotopic (exact) mass is 1370 g/mol. The van der Waals surface area contributed by atoms with E-state index in [0.29, 0.717) is 24.3 Å². The van der Waals surface area contributed by atoms with Crippen molar-refractivity contribution in [2.24, 2.45) is 41.4 Å². The first-order chi connectivity index (χ1) is 44.8. The summed E-state index contributed by atoms with van der Waals surface area (Å²) in [5, 5.41) is 42.8. The highest BCUT2D eigenvalue weighted by atomic mass is 16.5. The third-order valence-electron chi connectivity index (χ3n) is 20.3. The number of fused-ring (bicyclic) bond motifs is 5. The molecular weight excluding hydrogens is 1250 g/mol. The standard InChI is InChI=1S/C69H115N13O15/c1-26-41(12)51-61(89)77(22)54(40(10)11)65(93)78(23)53(39(8)9)62(90)73(18)35-48(84)75(20)57(68(15,16)95)66(94)80(25)56(43(14)28-3)63(91)72(17)34-47(83)70-50(37(4)5)60(88)79(24)55(42(13)27-2)64(92)74(19)36-49(85)81-46(59(87)76(21)52(38(6)7)58(86)71-51)33-69(96)44-31-29-30-32-45(44)82(97)67(69)81/h29-32,37-43,46,50-57,67,95-97H,26-28,33-36H2,1-25H3,(H,70,83)(H,71,86)/t41?,42?,43?,46-,50-,51-,52-,53-,54-,55-,56-,57+,67?,69+/m0/s1. The van der Waals surface area contributed by atoms with Gasteiger partial charge in [0.2, 0.25) is 70.9 Å². The van der Waals surface area contributed by atoms with Crippen LogP contribution in [0.1, 0.15) is 142 Å². The molecule has 1 aromatic carbocycles. The SMILES string of the molecule is CCC(C)[C@@H]1NC(=O)[C@H](C(C)C)N(C)C(=O)[C@@H]2C[C@@]3(O)c4ccccc4N(O)C3N2C(=O)CN(C)C(=O)[C@H](C(C)CC)N(C)C(=O)[C@H](C(C)C)NC(=O)CN(C)C(=O)[C@H](C(C)CC)N(C)C(=O)[C@H](C(C)(C)O)N(C)C(=O)CN(C)C(=O)[C@H](C(C)C)N(C)C(=O)[C@H](C(C)C)N(C)C1=O. The fraction of sp³-hybridized carbons (Fsp3) is 0.739. The number of hydrogen-bond donors (Lipinski definition) is 5. The lowest BCUT2D eigenvalue weighted by Crippen LogP contribution is -2.64. The topological polar surface area (TPSA) is 325 Å². The van der Waals surface area contributed by atoms with Crippen LogP contribution >= 0.6 is 0 Å². The summed E-state index contributed by atoms with van der Waals surface area (Å²) in [5.74, 6) is -13.2. The minimum absolute atomic E-state index is 0.148. The molecule has 3 aliphatic rings. The van der Waals surface area contributed by atoms with Gasteiger partial charge in [-0.1, -0.05) is 134 Å². The fourth-order valence-electron chi connectivity index (χ4n) is 14.1. The highest BCUT2D eigenvalue weighted by molar-refractivity contribution is 6.00. The third-order valence-corrected chi connectivity index (χ3v) is 20.3. The zero-order valence-corrected chi connectivity index (χ0v) is 62.2. The summed E-state index contributed by atoms with van der Waals surface area (Å²) in [7, 11) is 12.2. The van der Waals surface area contributed by atoms with Gasteiger partial charge in [-0.25, -0.2) is 5.06 Å². The number of para-hydroxylation sites is 1. The maximum absolute atomic E-state index is 15.4. The molecule has 5 N–H and O–H groups in total. The minimum atomic E-state index is -2.09. The lowest BCUT2D eigenvalue weighted by Gasteiger charge is -2.42. The molecule has 0 radical (unpaired) electrons. The van der Waals surface area contributed by atoms with E-state index in [1.807, 2.05) is 6.92 Å². The molecule has 2 saturated heterocycles. The average Bonchev–Trinajstić information content (AvgIpc) is 1.54. The smallest absolute Gasteiger partial charge is 0.248 e. The molecule has 97 heavy (non-hydrogen) atoms. The van der Waals surface area contributed by atoms with Crippen LogP contribution < -0.4 is 15.7 Å². The Morgan fingerprint density at radius 3 is 1.34 bits per heavy atom. The molecule has 28 nitrogen and oxygen atoms in total. The Kier molecular flexibility index (Phi) is 27.8. The van der Waals surface area contributed by atoms with Gasteiger partial charge in [-0.05, 0) is 61.3 Å². The number of rotatable bonds is 11. The minimum Gasteiger partial charge on any atom is -0.388 e. The number of benzene rings is 1. The molecular formula is C69H115N13O15. The van der Waals surface area contributed by atoms with Gasteiger partial charge in [0.1, 0.15) is 60.0 Å². The van der Waals surface area contributed by atoms with Gasteiger partial charge in [-0.3, -0.25) is 62.7 Å². The largest absolute Gasteiger partial charge is 0.388 e. The number of nitrogens with zero attached hydrogens (tertiary/aromatic N) is 11. The molecule has 3 heterocycles. The molecule has 1 aromatic rings. The summed E-state index contributed by atoms with van der Waals surface area (Å²) in [6, 6.07) is -5.86. The van der Waals surface area contributed by atoms with E-state index in [1.54, 1.807) is 108 Å². The lowest BCUT2D eigenvalue weighted by atomic mass is 9.90. The van der Waals surface area contributed by atoms with Crippen LogP contribution in [0.4, 0.5) is 5.69 Å². The molecule has 0 aliphatic carbocycles. The number of likely N-dealkylation sites (N-methyl/N-ethyl adjacent to an activating group) is 9. The first kappa shape index (κ1) is 82.0. The Morgan fingerprint density at radius 2 is 0.876 bits per heavy atom. The van der Waals surface area contributed by atoms with Gasteiger partial charge < -0.3 is 69.8 Å². The molecule has 0 bridgehead atoms. The number of hydroxylamine groups is 1. The number of anilines is 1. The second-order valence-corrected chi connectivity index (χ2v) is 29.5. The predicted molar refractivity (Wildman–Crippen MR) is 364 cm³/mol. The van der Waals surface area contributed by atoms with Crippen LogP contribution in [0.5, 0.6) is 0 Å². The van der Waals surface area contributed by atoms with Gasteiger partial charge in [-0.15, -0.1) is 0 Å². The first-order valence-corrected chi connectivity index (χ1v) is 34.0. The van der Waals surface area contributed by atoms with Crippen LogP contribution in [-0.2, 0) is 63.1 Å². The number of nitrogens with one attached hydrogen (secondary N) is 2. The lowest BCUT2D eigenvalue weighted by molar-refractivity contribution is -0.160. The van der Waals surface area contributed by atoms with Crippen molar-refractivity contribution in [3.63, 3.8) is 0 Å². The number of hydrogen-bond acceptors (Lipinski definition) is 16. The van der Waals surface area contributed by atoms with Crippen LogP contribution in [0.2, 0.25) is 0 Å². The molecule has 4 rings (SSSR count). The van der Waals surface area contributed by atoms with E-state index in [0.717, 1.165) is 34.3 Å². The Bertz CT molecular complexity index is 3070. The molecule has 0 aromatic heterocycles. The van der Waals surface area contributed by atoms with Crippen molar-refractivity contribution in [2.45, 2.75) is 208 Å². The predicted octanol–water partition coefficient (Wildman–Crippen LogP) is 1.86. The van der Waals surface area contributed by atoms with Crippen molar-refractivity contribution in [3.8, 4) is 0 Å². The zero-order valence-electron chi connectivity index (χ0n) is 62.2. The van der Waals surface area contributed by atoms with Crippen molar-refractivity contribution >= 4 is 76.6 Å². The average molecular weight is 1370 g/mol. The summed E-state index contributed by atoms with van der Waals surface area (Å²) in [6.07, 6.45) is -1.06. The molecule has 4 unspecified atom stereocenters. The number of carbonyl (C=O) groups excluding carboxylic acids is 12. The van der Waals surface area contributed by atoms with E-state index in [9.17, 15) is 44.2 Å². The molecule has 14 atom stereocenters. The molecule has 0 saturated carbocycles. The summed E-state index contributed by atoms with van der Waals surface area (Å²) < 4.78 is 0. The molecule has 12 amide bonds. The van der Waals surface area contributed by atoms with Crippen LogP contribution in [0.3, 0.4) is 0 Å². The van der Waals surface area contributed by atoms with Gasteiger partial charge in [-0.2, -0.15) is 0 Å². The number of amides is 12. The zero-order chi connectivity index (χ0) is 74.4. The van der Waals surface area contributed by atoms with Gasteiger partial charge in [0, 0.05) is 75.4 Å². The van der Waals surface area contributed by atoms with Gasteiger partial charge in [0.25, 0.3) is 0 Å². The van der Waals surface area contributed by atoms with E-state index in [4.69, 9.17) is 0 Å². The molecule has 0 spiro atoms. The highest BCUT2D eigenvalue weighted by Crippen LogP contribution is 2.52. The first-order valence-electron chi connectivity index (χ1n) is 34.0. The summed E-state index contributed by atoms with van der Waals surface area (Å²) in [4.78, 5) is 190. The maximum Gasteiger partial charge on any atom is 0.248 e. The van der Waals surface area contributed by atoms with Crippen molar-refractivity contribution in [3.05, 3.63) is 29.8 Å². The Hall–Kier alpha value is -7.46. The quantitative estimate of drug-likeness (QED) is 0.211. The van der Waals surface area contributed by atoms with Crippen LogP contribution in [0, 0.1) is 41.4 Å². The summed E-state index contributed by atoms with van der Waals surface area (Å²) in [6.45, 7) is 24.8. The second kappa shape index (κ2) is 32.9. The van der Waals surface area contributed by atoms with Gasteiger partial charge in [0.15, 0.2) is 6.17 Å². The Labute approximate surface area is 574 Å². The van der Waals surface area contributed by atoms with E-state index >= 15 is 28.8 Å². The normalized spacial score (nSPS) is 28.4. The maximum atomic E-state index is 15.4. The van der Waals surface area contributed by atoms with E-state index in [-0.39, 0.29) is 11.3 Å². The van der Waals surface area contributed by atoms with Crippen molar-refractivity contribution in [1.29, 1.82) is 0 Å². The van der Waals surface area contributed by atoms with Crippen molar-refractivity contribution in [2.75, 3.05) is 88.1 Å². The molecule has 546 valence electrons.